The Labute approximate surface area is 115 Å². The topological polar surface area (TPSA) is 55.8 Å². The van der Waals surface area contributed by atoms with Gasteiger partial charge in [-0.05, 0) is 46.5 Å². The molecule has 5 heteroatoms. The van der Waals surface area contributed by atoms with Gasteiger partial charge in [0.2, 0.25) is 0 Å². The average molecular weight is 271 g/mol. The molecule has 1 rings (SSSR count). The lowest BCUT2D eigenvalue weighted by Gasteiger charge is -2.33. The molecule has 1 fully saturated rings. The Balaban J connectivity index is 2.45. The van der Waals surface area contributed by atoms with Gasteiger partial charge in [-0.25, -0.2) is 4.79 Å². The molecule has 1 aliphatic heterocycles. The van der Waals surface area contributed by atoms with Crippen LogP contribution < -0.4 is 0 Å². The molecule has 1 atom stereocenters. The zero-order chi connectivity index (χ0) is 14.5. The van der Waals surface area contributed by atoms with Gasteiger partial charge in [-0.3, -0.25) is 4.79 Å². The first-order valence-electron chi connectivity index (χ1n) is 6.95. The fourth-order valence-corrected chi connectivity index (χ4v) is 2.18. The van der Waals surface area contributed by atoms with Gasteiger partial charge in [0, 0.05) is 13.1 Å². The number of hydrogen-bond donors (Lipinski definition) is 0. The Kier molecular flexibility index (Phi) is 5.63. The van der Waals surface area contributed by atoms with Gasteiger partial charge in [0.05, 0.1) is 13.0 Å². The third kappa shape index (κ3) is 5.94. The van der Waals surface area contributed by atoms with Crippen molar-refractivity contribution >= 4 is 12.1 Å². The van der Waals surface area contributed by atoms with E-state index in [-0.39, 0.29) is 18.0 Å². The third-order valence-corrected chi connectivity index (χ3v) is 2.93. The summed E-state index contributed by atoms with van der Waals surface area (Å²) in [6.45, 7) is 9.04. The maximum atomic E-state index is 12.0. The van der Waals surface area contributed by atoms with E-state index in [1.54, 1.807) is 11.8 Å². The maximum Gasteiger partial charge on any atom is 0.410 e. The minimum atomic E-state index is -0.481. The van der Waals surface area contributed by atoms with Gasteiger partial charge in [0.1, 0.15) is 5.60 Å². The van der Waals surface area contributed by atoms with Crippen LogP contribution in [0, 0.1) is 5.92 Å². The van der Waals surface area contributed by atoms with Gasteiger partial charge in [0.25, 0.3) is 0 Å². The highest BCUT2D eigenvalue weighted by molar-refractivity contribution is 5.70. The summed E-state index contributed by atoms with van der Waals surface area (Å²) in [5.74, 6) is -0.00106. The van der Waals surface area contributed by atoms with E-state index in [1.165, 1.54) is 0 Å². The lowest BCUT2D eigenvalue weighted by molar-refractivity contribution is -0.144. The van der Waals surface area contributed by atoms with Crippen molar-refractivity contribution in [3.63, 3.8) is 0 Å². The fourth-order valence-electron chi connectivity index (χ4n) is 2.18. The Bertz CT molecular complexity index is 322. The Hall–Kier alpha value is -1.26. The van der Waals surface area contributed by atoms with Crippen LogP contribution in [-0.2, 0) is 14.3 Å². The van der Waals surface area contributed by atoms with Crippen LogP contribution in [0.3, 0.4) is 0 Å². The van der Waals surface area contributed by atoms with E-state index in [2.05, 4.69) is 0 Å². The van der Waals surface area contributed by atoms with E-state index in [4.69, 9.17) is 9.47 Å². The molecule has 1 aliphatic rings. The minimum Gasteiger partial charge on any atom is -0.466 e. The van der Waals surface area contributed by atoms with Gasteiger partial charge in [-0.15, -0.1) is 0 Å². The van der Waals surface area contributed by atoms with E-state index < -0.39 is 5.60 Å². The number of rotatable bonds is 3. The third-order valence-electron chi connectivity index (χ3n) is 2.93. The summed E-state index contributed by atoms with van der Waals surface area (Å²) in [5, 5.41) is 0. The van der Waals surface area contributed by atoms with E-state index >= 15 is 0 Å². The highest BCUT2D eigenvalue weighted by Crippen LogP contribution is 2.22. The molecule has 0 saturated carbocycles. The number of piperidine rings is 1. The molecule has 110 valence electrons. The summed E-state index contributed by atoms with van der Waals surface area (Å²) in [5.41, 5.74) is -0.481. The molecule has 0 aromatic heterocycles. The normalized spacial score (nSPS) is 20.0. The molecule has 1 amide bonds. The molecule has 19 heavy (non-hydrogen) atoms. The fraction of sp³-hybridized carbons (Fsp3) is 0.857. The number of hydrogen-bond acceptors (Lipinski definition) is 4. The first-order chi connectivity index (χ1) is 8.81. The molecule has 0 unspecified atom stereocenters. The van der Waals surface area contributed by atoms with Crippen LogP contribution in [0.25, 0.3) is 0 Å². The zero-order valence-corrected chi connectivity index (χ0v) is 12.4. The maximum absolute atomic E-state index is 12.0. The quantitative estimate of drug-likeness (QED) is 0.740. The SMILES string of the molecule is CCOC(=O)C[C@@H]1CCCN(C(=O)OC(C)(C)C)C1. The smallest absolute Gasteiger partial charge is 0.410 e. The lowest BCUT2D eigenvalue weighted by Crippen LogP contribution is -2.43. The predicted molar refractivity (Wildman–Crippen MR) is 71.8 cm³/mol. The molecule has 0 N–H and O–H groups in total. The molecule has 0 bridgehead atoms. The molecule has 1 heterocycles. The zero-order valence-electron chi connectivity index (χ0n) is 12.4. The molecule has 1 saturated heterocycles. The molecule has 0 spiro atoms. The van der Waals surface area contributed by atoms with Crippen LogP contribution in [0.1, 0.15) is 47.0 Å². The van der Waals surface area contributed by atoms with Crippen molar-refractivity contribution in [3.05, 3.63) is 0 Å². The number of ether oxygens (including phenoxy) is 2. The van der Waals surface area contributed by atoms with E-state index in [9.17, 15) is 9.59 Å². The van der Waals surface area contributed by atoms with Crippen molar-refractivity contribution in [2.24, 2.45) is 5.92 Å². The van der Waals surface area contributed by atoms with Crippen molar-refractivity contribution in [1.29, 1.82) is 0 Å². The van der Waals surface area contributed by atoms with Crippen LogP contribution in [0.5, 0.6) is 0 Å². The van der Waals surface area contributed by atoms with E-state index in [1.807, 2.05) is 20.8 Å². The van der Waals surface area contributed by atoms with Crippen molar-refractivity contribution in [2.75, 3.05) is 19.7 Å². The number of likely N-dealkylation sites (tertiary alicyclic amines) is 1. The molecule has 0 radical (unpaired) electrons. The highest BCUT2D eigenvalue weighted by Gasteiger charge is 2.28. The van der Waals surface area contributed by atoms with Crippen LogP contribution in [0.2, 0.25) is 0 Å². The number of carbonyl (C=O) groups is 2. The van der Waals surface area contributed by atoms with Crippen LogP contribution in [0.4, 0.5) is 4.79 Å². The summed E-state index contributed by atoms with van der Waals surface area (Å²) in [6, 6.07) is 0. The molecular weight excluding hydrogens is 246 g/mol. The Morgan fingerprint density at radius 1 is 1.32 bits per heavy atom. The van der Waals surface area contributed by atoms with Crippen molar-refractivity contribution in [3.8, 4) is 0 Å². The standard InChI is InChI=1S/C14H25NO4/c1-5-18-12(16)9-11-7-6-8-15(10-11)13(17)19-14(2,3)4/h11H,5-10H2,1-4H3/t11-/m0/s1. The second-order valence-electron chi connectivity index (χ2n) is 5.94. The molecular formula is C14H25NO4. The molecule has 5 nitrogen and oxygen atoms in total. The monoisotopic (exact) mass is 271 g/mol. The first-order valence-corrected chi connectivity index (χ1v) is 6.95. The largest absolute Gasteiger partial charge is 0.466 e. The lowest BCUT2D eigenvalue weighted by atomic mass is 9.95. The van der Waals surface area contributed by atoms with Gasteiger partial charge in [0.15, 0.2) is 0 Å². The van der Waals surface area contributed by atoms with Crippen molar-refractivity contribution in [2.45, 2.75) is 52.6 Å². The summed E-state index contributed by atoms with van der Waals surface area (Å²) in [7, 11) is 0. The van der Waals surface area contributed by atoms with E-state index in [0.717, 1.165) is 12.8 Å². The molecule has 0 aromatic rings. The van der Waals surface area contributed by atoms with E-state index in [0.29, 0.717) is 26.1 Å². The van der Waals surface area contributed by atoms with Gasteiger partial charge < -0.3 is 14.4 Å². The van der Waals surface area contributed by atoms with Crippen molar-refractivity contribution in [1.82, 2.24) is 4.90 Å². The predicted octanol–water partition coefficient (Wildman–Crippen LogP) is 2.59. The summed E-state index contributed by atoms with van der Waals surface area (Å²) >= 11 is 0. The number of amides is 1. The summed E-state index contributed by atoms with van der Waals surface area (Å²) in [4.78, 5) is 25.1. The van der Waals surface area contributed by atoms with Gasteiger partial charge >= 0.3 is 12.1 Å². The second-order valence-corrected chi connectivity index (χ2v) is 5.94. The first kappa shape index (κ1) is 15.8. The van der Waals surface area contributed by atoms with Crippen molar-refractivity contribution < 1.29 is 19.1 Å². The molecule has 0 aromatic carbocycles. The van der Waals surface area contributed by atoms with Gasteiger partial charge in [-0.1, -0.05) is 0 Å². The van der Waals surface area contributed by atoms with Gasteiger partial charge in [-0.2, -0.15) is 0 Å². The highest BCUT2D eigenvalue weighted by atomic mass is 16.6. The Morgan fingerprint density at radius 3 is 2.58 bits per heavy atom. The second kappa shape index (κ2) is 6.78. The minimum absolute atomic E-state index is 0.181. The average Bonchev–Trinajstić information content (AvgIpc) is 2.27. The molecule has 0 aliphatic carbocycles. The van der Waals surface area contributed by atoms with Crippen LogP contribution in [0.15, 0.2) is 0 Å². The van der Waals surface area contributed by atoms with Crippen LogP contribution in [-0.4, -0.2) is 42.3 Å². The number of esters is 1. The summed E-state index contributed by atoms with van der Waals surface area (Å²) in [6.07, 6.45) is 1.95. The summed E-state index contributed by atoms with van der Waals surface area (Å²) < 4.78 is 10.3. The number of nitrogens with zero attached hydrogens (tertiary/aromatic N) is 1. The Morgan fingerprint density at radius 2 is 2.00 bits per heavy atom. The number of carbonyl (C=O) groups excluding carboxylic acids is 2. The van der Waals surface area contributed by atoms with Crippen LogP contribution >= 0.6 is 0 Å².